The number of carbonyl (C=O) groups excluding carboxylic acids is 1. The number of nitrogens with zero attached hydrogens (tertiary/aromatic N) is 2. The van der Waals surface area contributed by atoms with E-state index in [-0.39, 0.29) is 5.91 Å². The Bertz CT molecular complexity index is 723. The van der Waals surface area contributed by atoms with Crippen LogP contribution >= 0.6 is 0 Å². The monoisotopic (exact) mass is 345 g/mol. The van der Waals surface area contributed by atoms with Crippen molar-refractivity contribution in [2.45, 2.75) is 19.4 Å². The molecule has 0 radical (unpaired) electrons. The van der Waals surface area contributed by atoms with Crippen molar-refractivity contribution in [3.8, 4) is 11.5 Å². The first-order valence-corrected chi connectivity index (χ1v) is 8.33. The van der Waals surface area contributed by atoms with Crippen LogP contribution in [0.3, 0.4) is 0 Å². The van der Waals surface area contributed by atoms with Crippen molar-refractivity contribution in [3.05, 3.63) is 36.2 Å². The lowest BCUT2D eigenvalue weighted by molar-refractivity contribution is 0.0601. The normalized spacial score (nSPS) is 15.0. The van der Waals surface area contributed by atoms with E-state index in [0.717, 1.165) is 32.6 Å². The molecular formula is C18H23N3O4. The van der Waals surface area contributed by atoms with Gasteiger partial charge in [-0.2, -0.15) is 5.10 Å². The number of aromatic nitrogens is 2. The fraction of sp³-hybridized carbons (Fsp3) is 0.444. The third kappa shape index (κ3) is 4.30. The highest BCUT2D eigenvalue weighted by Gasteiger charge is 2.17. The number of rotatable bonds is 6. The van der Waals surface area contributed by atoms with Crippen LogP contribution in [0.15, 0.2) is 30.6 Å². The van der Waals surface area contributed by atoms with Gasteiger partial charge >= 0.3 is 0 Å². The van der Waals surface area contributed by atoms with Crippen LogP contribution in [0.5, 0.6) is 11.5 Å². The number of amides is 1. The van der Waals surface area contributed by atoms with Crippen LogP contribution in [0.4, 0.5) is 5.69 Å². The predicted octanol–water partition coefficient (Wildman–Crippen LogP) is 2.58. The number of benzene rings is 1. The number of ether oxygens (including phenoxy) is 3. The van der Waals surface area contributed by atoms with Crippen molar-refractivity contribution in [2.24, 2.45) is 5.92 Å². The maximum Gasteiger partial charge on any atom is 0.259 e. The summed E-state index contributed by atoms with van der Waals surface area (Å²) in [6.45, 7) is 2.46. The Morgan fingerprint density at radius 3 is 2.84 bits per heavy atom. The van der Waals surface area contributed by atoms with Crippen molar-refractivity contribution >= 4 is 11.6 Å². The van der Waals surface area contributed by atoms with Gasteiger partial charge in [0.25, 0.3) is 5.91 Å². The van der Waals surface area contributed by atoms with E-state index in [1.807, 2.05) is 10.9 Å². The van der Waals surface area contributed by atoms with Gasteiger partial charge in [0.1, 0.15) is 11.5 Å². The Kier molecular flexibility index (Phi) is 5.55. The Labute approximate surface area is 146 Å². The van der Waals surface area contributed by atoms with Gasteiger partial charge in [-0.05, 0) is 30.9 Å². The van der Waals surface area contributed by atoms with Crippen molar-refractivity contribution in [1.29, 1.82) is 0 Å². The lowest BCUT2D eigenvalue weighted by atomic mass is 10.0. The zero-order chi connectivity index (χ0) is 17.6. The molecule has 2 heterocycles. The molecule has 1 N–H and O–H groups in total. The molecule has 0 unspecified atom stereocenters. The number of carbonyl (C=O) groups is 1. The molecule has 1 amide bonds. The number of hydrogen-bond donors (Lipinski definition) is 1. The number of anilines is 1. The zero-order valence-corrected chi connectivity index (χ0v) is 14.5. The van der Waals surface area contributed by atoms with Gasteiger partial charge in [0, 0.05) is 32.0 Å². The summed E-state index contributed by atoms with van der Waals surface area (Å²) in [6.07, 6.45) is 5.60. The van der Waals surface area contributed by atoms with Gasteiger partial charge in [0.2, 0.25) is 0 Å². The highest BCUT2D eigenvalue weighted by atomic mass is 16.5. The average Bonchev–Trinajstić information content (AvgIpc) is 3.08. The minimum Gasteiger partial charge on any atom is -0.497 e. The molecule has 1 fully saturated rings. The molecule has 1 aliphatic rings. The van der Waals surface area contributed by atoms with Crippen molar-refractivity contribution in [2.75, 3.05) is 32.8 Å². The van der Waals surface area contributed by atoms with Crippen molar-refractivity contribution < 1.29 is 19.0 Å². The molecular weight excluding hydrogens is 322 g/mol. The summed E-state index contributed by atoms with van der Waals surface area (Å²) in [7, 11) is 3.10. The average molecular weight is 345 g/mol. The molecule has 134 valence electrons. The van der Waals surface area contributed by atoms with Crippen molar-refractivity contribution in [1.82, 2.24) is 9.78 Å². The molecule has 0 aliphatic carbocycles. The Morgan fingerprint density at radius 1 is 1.32 bits per heavy atom. The largest absolute Gasteiger partial charge is 0.497 e. The van der Waals surface area contributed by atoms with E-state index in [9.17, 15) is 4.79 Å². The van der Waals surface area contributed by atoms with Crippen LogP contribution in [0, 0.1) is 5.92 Å². The zero-order valence-electron chi connectivity index (χ0n) is 14.5. The van der Waals surface area contributed by atoms with Crippen LogP contribution in [-0.2, 0) is 11.3 Å². The quantitative estimate of drug-likeness (QED) is 0.871. The van der Waals surface area contributed by atoms with Gasteiger partial charge in [-0.1, -0.05) is 0 Å². The van der Waals surface area contributed by atoms with E-state index in [1.54, 1.807) is 31.5 Å². The molecule has 0 atom stereocenters. The van der Waals surface area contributed by atoms with E-state index in [1.165, 1.54) is 7.11 Å². The molecule has 0 spiro atoms. The smallest absolute Gasteiger partial charge is 0.259 e. The second-order valence-electron chi connectivity index (χ2n) is 6.03. The Balaban J connectivity index is 1.65. The molecule has 7 heteroatoms. The first-order valence-electron chi connectivity index (χ1n) is 8.33. The summed E-state index contributed by atoms with van der Waals surface area (Å²) in [4.78, 5) is 12.5. The minimum atomic E-state index is -0.245. The van der Waals surface area contributed by atoms with E-state index >= 15 is 0 Å². The second kappa shape index (κ2) is 8.02. The lowest BCUT2D eigenvalue weighted by Gasteiger charge is -2.21. The molecule has 3 rings (SSSR count). The molecule has 2 aromatic rings. The summed E-state index contributed by atoms with van der Waals surface area (Å²) in [6, 6.07) is 5.09. The maximum atomic E-state index is 12.5. The highest BCUT2D eigenvalue weighted by molar-refractivity contribution is 6.06. The van der Waals surface area contributed by atoms with Gasteiger partial charge < -0.3 is 19.5 Å². The maximum absolute atomic E-state index is 12.5. The van der Waals surface area contributed by atoms with E-state index < -0.39 is 0 Å². The predicted molar refractivity (Wildman–Crippen MR) is 93.3 cm³/mol. The fourth-order valence-electron chi connectivity index (χ4n) is 2.91. The topological polar surface area (TPSA) is 74.6 Å². The first-order chi connectivity index (χ1) is 12.2. The summed E-state index contributed by atoms with van der Waals surface area (Å²) in [5.74, 6) is 1.42. The third-order valence-corrected chi connectivity index (χ3v) is 4.33. The molecule has 25 heavy (non-hydrogen) atoms. The number of methoxy groups -OCH3 is 2. The van der Waals surface area contributed by atoms with Gasteiger partial charge in [-0.25, -0.2) is 0 Å². The van der Waals surface area contributed by atoms with E-state index in [2.05, 4.69) is 10.4 Å². The molecule has 1 aliphatic heterocycles. The van der Waals surface area contributed by atoms with Crippen molar-refractivity contribution in [3.63, 3.8) is 0 Å². The van der Waals surface area contributed by atoms with Crippen LogP contribution in [0.25, 0.3) is 0 Å². The molecule has 1 saturated heterocycles. The Morgan fingerprint density at radius 2 is 2.12 bits per heavy atom. The molecule has 7 nitrogen and oxygen atoms in total. The van der Waals surface area contributed by atoms with Crippen LogP contribution in [0.2, 0.25) is 0 Å². The fourth-order valence-corrected chi connectivity index (χ4v) is 2.91. The van der Waals surface area contributed by atoms with E-state index in [0.29, 0.717) is 28.7 Å². The molecule has 1 aromatic carbocycles. The first kappa shape index (κ1) is 17.3. The molecule has 1 aromatic heterocycles. The van der Waals surface area contributed by atoms with Gasteiger partial charge in [-0.15, -0.1) is 0 Å². The Hall–Kier alpha value is -2.54. The molecule has 0 bridgehead atoms. The van der Waals surface area contributed by atoms with Gasteiger partial charge in [0.15, 0.2) is 0 Å². The SMILES string of the molecule is COc1ccc(C(=O)Nc2cnn(CC3CCOCC3)c2)c(OC)c1. The standard InChI is InChI=1S/C18H23N3O4/c1-23-15-3-4-16(17(9-15)24-2)18(22)20-14-10-19-21(12-14)11-13-5-7-25-8-6-13/h3-4,9-10,12-13H,5-8,11H2,1-2H3,(H,20,22). The summed E-state index contributed by atoms with van der Waals surface area (Å²) < 4.78 is 17.7. The number of nitrogens with one attached hydrogen (secondary N) is 1. The molecule has 0 saturated carbocycles. The van der Waals surface area contributed by atoms with Crippen LogP contribution in [0.1, 0.15) is 23.2 Å². The van der Waals surface area contributed by atoms with Gasteiger partial charge in [-0.3, -0.25) is 9.48 Å². The summed E-state index contributed by atoms with van der Waals surface area (Å²) in [5.41, 5.74) is 1.11. The second-order valence-corrected chi connectivity index (χ2v) is 6.03. The number of hydrogen-bond acceptors (Lipinski definition) is 5. The third-order valence-electron chi connectivity index (χ3n) is 4.33. The minimum absolute atomic E-state index is 0.245. The highest BCUT2D eigenvalue weighted by Crippen LogP contribution is 2.25. The lowest BCUT2D eigenvalue weighted by Crippen LogP contribution is -2.20. The summed E-state index contributed by atoms with van der Waals surface area (Å²) >= 11 is 0. The van der Waals surface area contributed by atoms with Crippen LogP contribution in [-0.4, -0.2) is 43.1 Å². The summed E-state index contributed by atoms with van der Waals surface area (Å²) in [5, 5.41) is 7.20. The van der Waals surface area contributed by atoms with Gasteiger partial charge in [0.05, 0.1) is 31.7 Å². The van der Waals surface area contributed by atoms with E-state index in [4.69, 9.17) is 14.2 Å². The van der Waals surface area contributed by atoms with Crippen LogP contribution < -0.4 is 14.8 Å².